The number of fused-ring (bicyclic) bond motifs is 1. The predicted octanol–water partition coefficient (Wildman–Crippen LogP) is 3.80. The van der Waals surface area contributed by atoms with Crippen LogP contribution in [-0.4, -0.2) is 31.2 Å². The van der Waals surface area contributed by atoms with Gasteiger partial charge in [0.1, 0.15) is 0 Å². The summed E-state index contributed by atoms with van der Waals surface area (Å²) >= 11 is 0. The van der Waals surface area contributed by atoms with Crippen LogP contribution in [0, 0.1) is 20.2 Å². The maximum absolute atomic E-state index is 13.1. The Bertz CT molecular complexity index is 1140. The summed E-state index contributed by atoms with van der Waals surface area (Å²) in [5.41, 5.74) is -3.13. The number of rotatable bonds is 4. The molecule has 10 nitrogen and oxygen atoms in total. The molecule has 31 heavy (non-hydrogen) atoms. The molecule has 0 amide bonds. The molecule has 1 aliphatic rings. The molecule has 0 saturated heterocycles. The van der Waals surface area contributed by atoms with Gasteiger partial charge >= 0.3 is 6.18 Å². The van der Waals surface area contributed by atoms with Crippen molar-refractivity contribution < 1.29 is 23.0 Å². The molecule has 1 aliphatic heterocycles. The van der Waals surface area contributed by atoms with Gasteiger partial charge in [0.25, 0.3) is 11.4 Å². The Hall–Kier alpha value is -4.03. The van der Waals surface area contributed by atoms with Crippen molar-refractivity contribution in [2.75, 3.05) is 11.4 Å². The molecule has 0 aliphatic carbocycles. The number of halogens is 3. The Morgan fingerprint density at radius 2 is 1.55 bits per heavy atom. The monoisotopic (exact) mass is 434 g/mol. The zero-order chi connectivity index (χ0) is 22.3. The van der Waals surface area contributed by atoms with Gasteiger partial charge in [-0.15, -0.1) is 10.2 Å². The third kappa shape index (κ3) is 3.65. The van der Waals surface area contributed by atoms with Crippen molar-refractivity contribution in [3.05, 3.63) is 74.1 Å². The number of nitro groups is 2. The van der Waals surface area contributed by atoms with Crippen LogP contribution in [0.3, 0.4) is 0 Å². The van der Waals surface area contributed by atoms with E-state index in [1.165, 1.54) is 4.90 Å². The van der Waals surface area contributed by atoms with E-state index in [1.54, 1.807) is 4.57 Å². The molecule has 0 atom stereocenters. The molecule has 0 bridgehead atoms. The standard InChI is InChI=1S/C18H13F3N6O4/c19-18(20,21)12-8-13(26(28)29)16(14(9-12)27(30)31)24-6-7-25-15(10-24)22-23-17(25)11-4-2-1-3-5-11/h1-5,8-9H,6-7,10H2. The van der Waals surface area contributed by atoms with Crippen molar-refractivity contribution in [3.63, 3.8) is 0 Å². The summed E-state index contributed by atoms with van der Waals surface area (Å²) < 4.78 is 41.2. The first kappa shape index (κ1) is 20.3. The summed E-state index contributed by atoms with van der Waals surface area (Å²) in [7, 11) is 0. The van der Waals surface area contributed by atoms with E-state index in [0.29, 0.717) is 23.8 Å². The lowest BCUT2D eigenvalue weighted by Gasteiger charge is -2.29. The van der Waals surface area contributed by atoms with Crippen LogP contribution in [0.5, 0.6) is 0 Å². The van der Waals surface area contributed by atoms with Gasteiger partial charge in [-0.3, -0.25) is 20.2 Å². The molecule has 3 aromatic rings. The van der Waals surface area contributed by atoms with Gasteiger partial charge in [0.2, 0.25) is 0 Å². The molecule has 0 saturated carbocycles. The minimum atomic E-state index is -4.97. The number of nitrogens with zero attached hydrogens (tertiary/aromatic N) is 6. The molecule has 4 rings (SSSR count). The maximum Gasteiger partial charge on any atom is 0.416 e. The van der Waals surface area contributed by atoms with Gasteiger partial charge in [-0.1, -0.05) is 30.3 Å². The fourth-order valence-corrected chi connectivity index (χ4v) is 3.52. The second kappa shape index (κ2) is 7.34. The summed E-state index contributed by atoms with van der Waals surface area (Å²) in [5, 5.41) is 31.2. The first-order valence-electron chi connectivity index (χ1n) is 8.93. The summed E-state index contributed by atoms with van der Waals surface area (Å²) in [5.74, 6) is 0.945. The quantitative estimate of drug-likeness (QED) is 0.452. The minimum Gasteiger partial charge on any atom is -0.351 e. The van der Waals surface area contributed by atoms with Crippen molar-refractivity contribution in [1.82, 2.24) is 14.8 Å². The van der Waals surface area contributed by atoms with E-state index in [9.17, 15) is 33.4 Å². The van der Waals surface area contributed by atoms with Crippen LogP contribution in [-0.2, 0) is 19.3 Å². The van der Waals surface area contributed by atoms with Gasteiger partial charge in [-0.2, -0.15) is 13.2 Å². The first-order chi connectivity index (χ1) is 14.7. The molecule has 0 N–H and O–H groups in total. The van der Waals surface area contributed by atoms with Crippen molar-refractivity contribution in [1.29, 1.82) is 0 Å². The number of hydrogen-bond acceptors (Lipinski definition) is 7. The molecule has 0 unspecified atom stereocenters. The normalized spacial score (nSPS) is 13.7. The minimum absolute atomic E-state index is 0.0813. The van der Waals surface area contributed by atoms with Gasteiger partial charge < -0.3 is 9.47 Å². The van der Waals surface area contributed by atoms with E-state index < -0.39 is 38.6 Å². The van der Waals surface area contributed by atoms with E-state index in [4.69, 9.17) is 0 Å². The lowest BCUT2D eigenvalue weighted by atomic mass is 10.1. The fourth-order valence-electron chi connectivity index (χ4n) is 3.52. The Labute approximate surface area is 171 Å². The smallest absolute Gasteiger partial charge is 0.351 e. The van der Waals surface area contributed by atoms with Crippen LogP contribution in [0.2, 0.25) is 0 Å². The Morgan fingerprint density at radius 3 is 2.10 bits per heavy atom. The maximum atomic E-state index is 13.1. The van der Waals surface area contributed by atoms with Crippen molar-refractivity contribution >= 4 is 17.1 Å². The summed E-state index contributed by atoms with van der Waals surface area (Å²) in [4.78, 5) is 22.2. The van der Waals surface area contributed by atoms with Crippen LogP contribution in [0.15, 0.2) is 42.5 Å². The second-order valence-corrected chi connectivity index (χ2v) is 6.75. The highest BCUT2D eigenvalue weighted by molar-refractivity contribution is 5.76. The van der Waals surface area contributed by atoms with E-state index in [2.05, 4.69) is 10.2 Å². The molecule has 1 aromatic heterocycles. The third-order valence-electron chi connectivity index (χ3n) is 4.89. The van der Waals surface area contributed by atoms with E-state index in [0.717, 1.165) is 5.56 Å². The highest BCUT2D eigenvalue weighted by atomic mass is 19.4. The zero-order valence-electron chi connectivity index (χ0n) is 15.6. The van der Waals surface area contributed by atoms with Crippen LogP contribution in [0.25, 0.3) is 11.4 Å². The Kier molecular flexibility index (Phi) is 4.79. The summed E-state index contributed by atoms with van der Waals surface area (Å²) in [6, 6.07) is 9.77. The Balaban J connectivity index is 1.79. The highest BCUT2D eigenvalue weighted by Crippen LogP contribution is 2.44. The lowest BCUT2D eigenvalue weighted by molar-refractivity contribution is -0.393. The average molecular weight is 434 g/mol. The molecule has 2 aromatic carbocycles. The molecular formula is C18H13F3N6O4. The molecule has 0 fully saturated rings. The topological polar surface area (TPSA) is 120 Å². The molecule has 2 heterocycles. The first-order valence-corrected chi connectivity index (χ1v) is 8.93. The summed E-state index contributed by atoms with van der Waals surface area (Å²) in [6.07, 6.45) is -4.97. The number of hydrogen-bond donors (Lipinski definition) is 0. The van der Waals surface area contributed by atoms with Crippen LogP contribution < -0.4 is 4.90 Å². The van der Waals surface area contributed by atoms with Gasteiger partial charge in [-0.05, 0) is 0 Å². The van der Waals surface area contributed by atoms with Crippen LogP contribution in [0.1, 0.15) is 11.4 Å². The predicted molar refractivity (Wildman–Crippen MR) is 101 cm³/mol. The summed E-state index contributed by atoms with van der Waals surface area (Å²) in [6.45, 7) is 0.229. The number of benzene rings is 2. The second-order valence-electron chi connectivity index (χ2n) is 6.75. The number of alkyl halides is 3. The third-order valence-corrected chi connectivity index (χ3v) is 4.89. The SMILES string of the molecule is O=[N+]([O-])c1cc(C(F)(F)F)cc([N+](=O)[O-])c1N1CCn2c(nnc2-c2ccccc2)C1. The molecule has 0 radical (unpaired) electrons. The number of aromatic nitrogens is 3. The number of nitro benzene ring substituents is 2. The van der Waals surface area contributed by atoms with Crippen molar-refractivity contribution in [2.24, 2.45) is 0 Å². The van der Waals surface area contributed by atoms with E-state index >= 15 is 0 Å². The zero-order valence-corrected chi connectivity index (χ0v) is 15.6. The van der Waals surface area contributed by atoms with Crippen LogP contribution in [0.4, 0.5) is 30.2 Å². The Morgan fingerprint density at radius 1 is 0.935 bits per heavy atom. The van der Waals surface area contributed by atoms with Gasteiger partial charge in [0, 0.05) is 30.8 Å². The van der Waals surface area contributed by atoms with Gasteiger partial charge in [0.05, 0.1) is 22.0 Å². The van der Waals surface area contributed by atoms with Crippen molar-refractivity contribution in [3.8, 4) is 11.4 Å². The molecule has 0 spiro atoms. The van der Waals surface area contributed by atoms with E-state index in [-0.39, 0.29) is 19.6 Å². The number of anilines is 1. The van der Waals surface area contributed by atoms with Gasteiger partial charge in [0.15, 0.2) is 17.3 Å². The molecule has 160 valence electrons. The lowest BCUT2D eigenvalue weighted by Crippen LogP contribution is -2.35. The van der Waals surface area contributed by atoms with Gasteiger partial charge in [-0.25, -0.2) is 0 Å². The van der Waals surface area contributed by atoms with Crippen LogP contribution >= 0.6 is 0 Å². The van der Waals surface area contributed by atoms with E-state index in [1.807, 2.05) is 30.3 Å². The average Bonchev–Trinajstić information content (AvgIpc) is 3.15. The molecular weight excluding hydrogens is 421 g/mol. The highest BCUT2D eigenvalue weighted by Gasteiger charge is 2.40. The largest absolute Gasteiger partial charge is 0.416 e. The fraction of sp³-hybridized carbons (Fsp3) is 0.222. The molecule has 13 heteroatoms. The van der Waals surface area contributed by atoms with Crippen molar-refractivity contribution in [2.45, 2.75) is 19.3 Å².